The summed E-state index contributed by atoms with van der Waals surface area (Å²) in [6, 6.07) is 56.5. The lowest BCUT2D eigenvalue weighted by Crippen LogP contribution is -2.32. The van der Waals surface area contributed by atoms with Gasteiger partial charge in [-0.2, -0.15) is 0 Å². The lowest BCUT2D eigenvalue weighted by atomic mass is 9.66. The van der Waals surface area contributed by atoms with Crippen molar-refractivity contribution >= 4 is 21.9 Å². The molecular formula is C46H27N3O2. The van der Waals surface area contributed by atoms with Crippen LogP contribution in [0.25, 0.3) is 67.2 Å². The van der Waals surface area contributed by atoms with Crippen LogP contribution in [-0.2, 0) is 5.41 Å². The standard InChI is InChI=1S/C46H27N3O2/c1-3-14-28(15-4-1)43-47-44(29-16-5-2-6-17-29)49-45(48-43)31-19-13-25-40-42(31)33-26-32-30-18-7-8-20-34(30)46(37(32)27-41(33)51-40)35-21-9-11-23-38(35)50-39-24-12-10-22-36(39)46/h1-27H. The number of ether oxygens (including phenoxy) is 1. The summed E-state index contributed by atoms with van der Waals surface area (Å²) in [6.45, 7) is 0. The fourth-order valence-corrected chi connectivity index (χ4v) is 8.29. The van der Waals surface area contributed by atoms with E-state index in [0.717, 1.165) is 61.3 Å². The Morgan fingerprint density at radius 2 is 0.941 bits per heavy atom. The van der Waals surface area contributed by atoms with Gasteiger partial charge in [-0.3, -0.25) is 0 Å². The third-order valence-electron chi connectivity index (χ3n) is 10.4. The predicted octanol–water partition coefficient (Wildman–Crippen LogP) is 11.2. The van der Waals surface area contributed by atoms with Crippen LogP contribution < -0.4 is 4.74 Å². The zero-order valence-corrected chi connectivity index (χ0v) is 27.2. The number of fused-ring (bicyclic) bond motifs is 12. The average molecular weight is 654 g/mol. The molecule has 7 aromatic carbocycles. The summed E-state index contributed by atoms with van der Waals surface area (Å²) in [5, 5.41) is 1.99. The Morgan fingerprint density at radius 3 is 1.61 bits per heavy atom. The van der Waals surface area contributed by atoms with Crippen molar-refractivity contribution in [3.05, 3.63) is 186 Å². The molecule has 1 aliphatic carbocycles. The number of para-hydroxylation sites is 2. The highest BCUT2D eigenvalue weighted by Gasteiger charge is 2.51. The largest absolute Gasteiger partial charge is 0.457 e. The minimum atomic E-state index is -0.573. The van der Waals surface area contributed by atoms with E-state index in [0.29, 0.717) is 17.5 Å². The maximum atomic E-state index is 6.78. The highest BCUT2D eigenvalue weighted by Crippen LogP contribution is 2.62. The van der Waals surface area contributed by atoms with Crippen molar-refractivity contribution in [1.82, 2.24) is 15.0 Å². The van der Waals surface area contributed by atoms with Gasteiger partial charge < -0.3 is 9.15 Å². The van der Waals surface area contributed by atoms with Crippen molar-refractivity contribution in [2.45, 2.75) is 5.41 Å². The number of nitrogens with zero attached hydrogens (tertiary/aromatic N) is 3. The van der Waals surface area contributed by atoms with Crippen LogP contribution in [0.3, 0.4) is 0 Å². The smallest absolute Gasteiger partial charge is 0.164 e. The molecule has 1 aliphatic heterocycles. The van der Waals surface area contributed by atoms with Gasteiger partial charge in [-0.05, 0) is 52.6 Å². The Labute approximate surface area is 293 Å². The van der Waals surface area contributed by atoms with Gasteiger partial charge >= 0.3 is 0 Å². The Kier molecular flexibility index (Phi) is 5.81. The lowest BCUT2D eigenvalue weighted by Gasteiger charge is -2.39. The first-order chi connectivity index (χ1) is 25.3. The molecule has 51 heavy (non-hydrogen) atoms. The van der Waals surface area contributed by atoms with E-state index in [9.17, 15) is 0 Å². The number of furan rings is 1. The average Bonchev–Trinajstić information content (AvgIpc) is 3.71. The highest BCUT2D eigenvalue weighted by molar-refractivity contribution is 6.14. The summed E-state index contributed by atoms with van der Waals surface area (Å²) in [7, 11) is 0. The first-order valence-electron chi connectivity index (χ1n) is 17.1. The SMILES string of the molecule is c1ccc(-c2nc(-c3ccccc3)nc(-c3cccc4oc5cc6c(cc5c34)-c3ccccc3C63c4ccccc4Oc4ccccc43)n2)cc1. The number of rotatable bonds is 3. The van der Waals surface area contributed by atoms with Crippen LogP contribution in [0.15, 0.2) is 168 Å². The summed E-state index contributed by atoms with van der Waals surface area (Å²) >= 11 is 0. The second-order valence-electron chi connectivity index (χ2n) is 13.1. The molecule has 238 valence electrons. The van der Waals surface area contributed by atoms with E-state index in [-0.39, 0.29) is 0 Å². The fraction of sp³-hybridized carbons (Fsp3) is 0.0217. The molecule has 2 aromatic heterocycles. The van der Waals surface area contributed by atoms with Crippen LogP contribution in [-0.4, -0.2) is 15.0 Å². The summed E-state index contributed by atoms with van der Waals surface area (Å²) < 4.78 is 13.3. The van der Waals surface area contributed by atoms with Crippen LogP contribution in [0.4, 0.5) is 0 Å². The molecule has 11 rings (SSSR count). The van der Waals surface area contributed by atoms with Gasteiger partial charge in [0, 0.05) is 38.6 Å². The van der Waals surface area contributed by atoms with Gasteiger partial charge in [0.1, 0.15) is 22.7 Å². The van der Waals surface area contributed by atoms with Crippen molar-refractivity contribution in [2.24, 2.45) is 0 Å². The van der Waals surface area contributed by atoms with Crippen LogP contribution in [0.2, 0.25) is 0 Å². The lowest BCUT2D eigenvalue weighted by molar-refractivity contribution is 0.436. The molecule has 0 unspecified atom stereocenters. The summed E-state index contributed by atoms with van der Waals surface area (Å²) in [5.41, 5.74) is 10.8. The number of benzene rings is 7. The Hall–Kier alpha value is -6.85. The second-order valence-corrected chi connectivity index (χ2v) is 13.1. The second kappa shape index (κ2) is 10.6. The van der Waals surface area contributed by atoms with Crippen molar-refractivity contribution < 1.29 is 9.15 Å². The molecule has 2 aliphatic rings. The molecule has 0 saturated heterocycles. The van der Waals surface area contributed by atoms with Gasteiger partial charge in [0.05, 0.1) is 5.41 Å². The summed E-state index contributed by atoms with van der Waals surface area (Å²) in [4.78, 5) is 15.1. The van der Waals surface area contributed by atoms with Crippen LogP contribution in [0.5, 0.6) is 11.5 Å². The number of aromatic nitrogens is 3. The van der Waals surface area contributed by atoms with E-state index in [1.807, 2.05) is 84.9 Å². The monoisotopic (exact) mass is 653 g/mol. The maximum absolute atomic E-state index is 6.78. The van der Waals surface area contributed by atoms with Crippen LogP contribution >= 0.6 is 0 Å². The quantitative estimate of drug-likeness (QED) is 0.190. The van der Waals surface area contributed by atoms with Gasteiger partial charge in [0.25, 0.3) is 0 Å². The van der Waals surface area contributed by atoms with E-state index in [2.05, 4.69) is 78.9 Å². The minimum absolute atomic E-state index is 0.573. The van der Waals surface area contributed by atoms with E-state index < -0.39 is 5.41 Å². The zero-order valence-electron chi connectivity index (χ0n) is 27.2. The Bertz CT molecular complexity index is 2740. The molecule has 0 N–H and O–H groups in total. The predicted molar refractivity (Wildman–Crippen MR) is 201 cm³/mol. The van der Waals surface area contributed by atoms with Crippen LogP contribution in [0.1, 0.15) is 22.3 Å². The molecule has 0 atom stereocenters. The Balaban J connectivity index is 1.20. The molecule has 0 radical (unpaired) electrons. The summed E-state index contributed by atoms with van der Waals surface area (Å²) in [5.74, 6) is 3.57. The van der Waals surface area contributed by atoms with E-state index in [4.69, 9.17) is 24.1 Å². The molecule has 0 bridgehead atoms. The number of hydrogen-bond donors (Lipinski definition) is 0. The molecule has 1 spiro atoms. The summed E-state index contributed by atoms with van der Waals surface area (Å²) in [6.07, 6.45) is 0. The topological polar surface area (TPSA) is 61.0 Å². The van der Waals surface area contributed by atoms with Gasteiger partial charge in [-0.15, -0.1) is 0 Å². The van der Waals surface area contributed by atoms with Crippen LogP contribution in [0, 0.1) is 0 Å². The van der Waals surface area contributed by atoms with Gasteiger partial charge in [0.2, 0.25) is 0 Å². The van der Waals surface area contributed by atoms with E-state index in [1.165, 1.54) is 22.3 Å². The van der Waals surface area contributed by atoms with E-state index in [1.54, 1.807) is 0 Å². The molecule has 0 fully saturated rings. The first-order valence-corrected chi connectivity index (χ1v) is 17.1. The molecule has 3 heterocycles. The van der Waals surface area contributed by atoms with Gasteiger partial charge in [-0.1, -0.05) is 133 Å². The maximum Gasteiger partial charge on any atom is 0.164 e. The molecule has 5 nitrogen and oxygen atoms in total. The molecule has 5 heteroatoms. The molecular weight excluding hydrogens is 627 g/mol. The van der Waals surface area contributed by atoms with Gasteiger partial charge in [0.15, 0.2) is 17.5 Å². The minimum Gasteiger partial charge on any atom is -0.457 e. The molecule has 0 amide bonds. The molecule has 0 saturated carbocycles. The first kappa shape index (κ1) is 28.0. The highest BCUT2D eigenvalue weighted by atomic mass is 16.5. The van der Waals surface area contributed by atoms with Crippen molar-refractivity contribution in [3.63, 3.8) is 0 Å². The normalized spacial score (nSPS) is 13.4. The Morgan fingerprint density at radius 1 is 0.392 bits per heavy atom. The zero-order chi connectivity index (χ0) is 33.5. The third-order valence-corrected chi connectivity index (χ3v) is 10.4. The fourth-order valence-electron chi connectivity index (χ4n) is 8.29. The van der Waals surface area contributed by atoms with Gasteiger partial charge in [-0.25, -0.2) is 15.0 Å². The number of hydrogen-bond acceptors (Lipinski definition) is 5. The van der Waals surface area contributed by atoms with Crippen molar-refractivity contribution in [2.75, 3.05) is 0 Å². The third kappa shape index (κ3) is 3.94. The van der Waals surface area contributed by atoms with Crippen molar-refractivity contribution in [3.8, 4) is 56.8 Å². The molecule has 9 aromatic rings. The van der Waals surface area contributed by atoms with E-state index >= 15 is 0 Å². The van der Waals surface area contributed by atoms with Crippen molar-refractivity contribution in [1.29, 1.82) is 0 Å².